The lowest BCUT2D eigenvalue weighted by molar-refractivity contribution is -0.264. The van der Waals surface area contributed by atoms with Crippen LogP contribution in [0.4, 0.5) is 0 Å². The molecule has 1 unspecified atom stereocenters. The van der Waals surface area contributed by atoms with Gasteiger partial charge in [0.2, 0.25) is 0 Å². The molecule has 0 bridgehead atoms. The van der Waals surface area contributed by atoms with E-state index in [1.807, 2.05) is 0 Å². The number of ether oxygens (including phenoxy) is 1. The van der Waals surface area contributed by atoms with Crippen LogP contribution in [0.1, 0.15) is 73.6 Å². The van der Waals surface area contributed by atoms with Crippen LogP contribution in [0, 0.1) is 17.8 Å². The van der Waals surface area contributed by atoms with E-state index in [4.69, 9.17) is 4.74 Å². The van der Waals surface area contributed by atoms with Crippen LogP contribution in [0.15, 0.2) is 0 Å². The van der Waals surface area contributed by atoms with Gasteiger partial charge < -0.3 is 9.84 Å². The van der Waals surface area contributed by atoms with E-state index >= 15 is 0 Å². The summed E-state index contributed by atoms with van der Waals surface area (Å²) in [5, 5.41) is 9.89. The minimum atomic E-state index is -1.02. The van der Waals surface area contributed by atoms with Gasteiger partial charge in [-0.25, -0.2) is 0 Å². The molecule has 1 aliphatic rings. The molecule has 1 fully saturated rings. The summed E-state index contributed by atoms with van der Waals surface area (Å²) in [7, 11) is 0. The first-order valence-corrected chi connectivity index (χ1v) is 7.60. The average Bonchev–Trinajstić information content (AvgIpc) is 2.20. The number of rotatable bonds is 5. The zero-order chi connectivity index (χ0) is 14.0. The average molecular weight is 256 g/mol. The maximum atomic E-state index is 9.89. The van der Waals surface area contributed by atoms with E-state index in [1.165, 1.54) is 25.7 Å². The Morgan fingerprint density at radius 1 is 1.44 bits per heavy atom. The molecule has 0 spiro atoms. The molecule has 4 atom stereocenters. The molecule has 0 saturated heterocycles. The van der Waals surface area contributed by atoms with Crippen molar-refractivity contribution in [1.29, 1.82) is 0 Å². The molecule has 108 valence electrons. The molecule has 1 aliphatic carbocycles. The van der Waals surface area contributed by atoms with E-state index in [0.717, 1.165) is 18.3 Å². The Balaban J connectivity index is 2.60. The third-order valence-electron chi connectivity index (χ3n) is 4.74. The highest BCUT2D eigenvalue weighted by Gasteiger charge is 2.42. The van der Waals surface area contributed by atoms with E-state index < -0.39 is 5.79 Å². The van der Waals surface area contributed by atoms with Gasteiger partial charge in [0, 0.05) is 0 Å². The summed E-state index contributed by atoms with van der Waals surface area (Å²) in [6, 6.07) is 0. The first kappa shape index (κ1) is 16.0. The van der Waals surface area contributed by atoms with Crippen molar-refractivity contribution in [2.24, 2.45) is 17.8 Å². The highest BCUT2D eigenvalue weighted by atomic mass is 16.6. The Labute approximate surface area is 113 Å². The van der Waals surface area contributed by atoms with Gasteiger partial charge in [0.05, 0.1) is 5.60 Å². The van der Waals surface area contributed by atoms with Crippen molar-refractivity contribution in [3.63, 3.8) is 0 Å². The molecule has 0 aromatic carbocycles. The topological polar surface area (TPSA) is 29.5 Å². The summed E-state index contributed by atoms with van der Waals surface area (Å²) < 4.78 is 5.92. The monoisotopic (exact) mass is 256 g/mol. The van der Waals surface area contributed by atoms with E-state index in [2.05, 4.69) is 27.7 Å². The maximum absolute atomic E-state index is 9.89. The zero-order valence-electron chi connectivity index (χ0n) is 13.1. The van der Waals surface area contributed by atoms with Crippen molar-refractivity contribution in [3.8, 4) is 0 Å². The Morgan fingerprint density at radius 3 is 2.50 bits per heavy atom. The van der Waals surface area contributed by atoms with Crippen molar-refractivity contribution in [2.45, 2.75) is 85.0 Å². The number of hydrogen-bond acceptors (Lipinski definition) is 2. The highest BCUT2D eigenvalue weighted by molar-refractivity contribution is 4.91. The fraction of sp³-hybridized carbons (Fsp3) is 1.00. The Bertz CT molecular complexity index is 256. The Kier molecular flexibility index (Phi) is 5.25. The van der Waals surface area contributed by atoms with Crippen molar-refractivity contribution >= 4 is 0 Å². The second-order valence-corrected chi connectivity index (χ2v) is 7.06. The molecule has 0 heterocycles. The summed E-state index contributed by atoms with van der Waals surface area (Å²) >= 11 is 0. The highest BCUT2D eigenvalue weighted by Crippen LogP contribution is 2.44. The molecule has 2 heteroatoms. The van der Waals surface area contributed by atoms with Crippen LogP contribution in [0.3, 0.4) is 0 Å². The van der Waals surface area contributed by atoms with Crippen LogP contribution in [-0.2, 0) is 4.74 Å². The molecule has 0 aliphatic heterocycles. The molecule has 1 saturated carbocycles. The zero-order valence-corrected chi connectivity index (χ0v) is 13.1. The second kappa shape index (κ2) is 5.92. The van der Waals surface area contributed by atoms with Crippen LogP contribution >= 0.6 is 0 Å². The standard InChI is InChI=1S/C16H32O2/c1-7-8-12(2)14-9-10-16(6,13(3)11-14)18-15(4,5)17/h12-14,17H,7-11H2,1-6H3/t12-,13-,14-,16?/m1/s1. The number of hydrogen-bond donors (Lipinski definition) is 1. The van der Waals surface area contributed by atoms with Gasteiger partial charge in [-0.1, -0.05) is 33.6 Å². The summed E-state index contributed by atoms with van der Waals surface area (Å²) in [4.78, 5) is 0. The van der Waals surface area contributed by atoms with Crippen molar-refractivity contribution < 1.29 is 9.84 Å². The molecular formula is C16H32O2. The predicted molar refractivity (Wildman–Crippen MR) is 76.4 cm³/mol. The van der Waals surface area contributed by atoms with Crippen molar-refractivity contribution in [3.05, 3.63) is 0 Å². The van der Waals surface area contributed by atoms with Gasteiger partial charge in [-0.05, 0) is 57.8 Å². The Morgan fingerprint density at radius 2 is 2.06 bits per heavy atom. The van der Waals surface area contributed by atoms with Gasteiger partial charge in [-0.3, -0.25) is 0 Å². The van der Waals surface area contributed by atoms with Gasteiger partial charge in [-0.2, -0.15) is 0 Å². The summed E-state index contributed by atoms with van der Waals surface area (Å²) in [5.74, 6) is 1.15. The van der Waals surface area contributed by atoms with Crippen LogP contribution in [0.25, 0.3) is 0 Å². The maximum Gasteiger partial charge on any atom is 0.160 e. The molecule has 0 radical (unpaired) electrons. The normalized spacial score (nSPS) is 35.5. The quantitative estimate of drug-likeness (QED) is 0.740. The SMILES string of the molecule is CCC[C@@H](C)[C@@H]1CCC(C)(OC(C)(C)O)[C@H](C)C1. The molecule has 1 N–H and O–H groups in total. The van der Waals surface area contributed by atoms with Gasteiger partial charge in [-0.15, -0.1) is 0 Å². The molecule has 18 heavy (non-hydrogen) atoms. The first-order chi connectivity index (χ1) is 8.18. The number of aliphatic hydroxyl groups is 1. The van der Waals surface area contributed by atoms with Crippen molar-refractivity contribution in [1.82, 2.24) is 0 Å². The molecule has 1 rings (SSSR count). The third-order valence-corrected chi connectivity index (χ3v) is 4.74. The van der Waals surface area contributed by atoms with Crippen LogP contribution in [0.2, 0.25) is 0 Å². The lowest BCUT2D eigenvalue weighted by atomic mass is 9.68. The summed E-state index contributed by atoms with van der Waals surface area (Å²) in [6.45, 7) is 12.6. The van der Waals surface area contributed by atoms with Crippen LogP contribution < -0.4 is 0 Å². The molecule has 2 nitrogen and oxygen atoms in total. The molecule has 0 aromatic heterocycles. The lowest BCUT2D eigenvalue weighted by Crippen LogP contribution is -2.47. The molecule has 0 aromatic rings. The van der Waals surface area contributed by atoms with Gasteiger partial charge in [0.1, 0.15) is 0 Å². The summed E-state index contributed by atoms with van der Waals surface area (Å²) in [5.41, 5.74) is -0.166. The fourth-order valence-corrected chi connectivity index (χ4v) is 3.47. The van der Waals surface area contributed by atoms with Crippen LogP contribution in [-0.4, -0.2) is 16.5 Å². The minimum absolute atomic E-state index is 0.166. The molecule has 0 amide bonds. The van der Waals surface area contributed by atoms with E-state index in [1.54, 1.807) is 13.8 Å². The van der Waals surface area contributed by atoms with Gasteiger partial charge in [0.25, 0.3) is 0 Å². The fourth-order valence-electron chi connectivity index (χ4n) is 3.47. The smallest absolute Gasteiger partial charge is 0.160 e. The van der Waals surface area contributed by atoms with Gasteiger partial charge in [0.15, 0.2) is 5.79 Å². The minimum Gasteiger partial charge on any atom is -0.366 e. The van der Waals surface area contributed by atoms with Crippen molar-refractivity contribution in [2.75, 3.05) is 0 Å². The third kappa shape index (κ3) is 4.24. The molecular weight excluding hydrogens is 224 g/mol. The van der Waals surface area contributed by atoms with E-state index in [-0.39, 0.29) is 5.60 Å². The van der Waals surface area contributed by atoms with Gasteiger partial charge >= 0.3 is 0 Å². The van der Waals surface area contributed by atoms with Crippen LogP contribution in [0.5, 0.6) is 0 Å². The summed E-state index contributed by atoms with van der Waals surface area (Å²) in [6.07, 6.45) is 6.15. The predicted octanol–water partition coefficient (Wildman–Crippen LogP) is 4.36. The Hall–Kier alpha value is -0.0800. The van der Waals surface area contributed by atoms with E-state index in [0.29, 0.717) is 5.92 Å². The van der Waals surface area contributed by atoms with E-state index in [9.17, 15) is 5.11 Å². The lowest BCUT2D eigenvalue weighted by Gasteiger charge is -2.46. The first-order valence-electron chi connectivity index (χ1n) is 7.60. The second-order valence-electron chi connectivity index (χ2n) is 7.06. The largest absolute Gasteiger partial charge is 0.366 e.